The van der Waals surface area contributed by atoms with E-state index in [2.05, 4.69) is 5.32 Å². The zero-order chi connectivity index (χ0) is 21.8. The Morgan fingerprint density at radius 3 is 2.50 bits per heavy atom. The van der Waals surface area contributed by atoms with E-state index in [1.54, 1.807) is 7.05 Å². The molecule has 0 unspecified atom stereocenters. The average molecular weight is 440 g/mol. The second kappa shape index (κ2) is 9.74. The molecule has 1 heterocycles. The molecule has 30 heavy (non-hydrogen) atoms. The lowest BCUT2D eigenvalue weighted by molar-refractivity contribution is -0.119. The van der Waals surface area contributed by atoms with Gasteiger partial charge in [-0.2, -0.15) is 17.0 Å². The van der Waals surface area contributed by atoms with Crippen LogP contribution in [0, 0.1) is 0 Å². The molecule has 2 aliphatic rings. The summed E-state index contributed by atoms with van der Waals surface area (Å²) in [6.45, 7) is 3.38. The number of nitrogens with one attached hydrogen (secondary N) is 1. The van der Waals surface area contributed by atoms with Crippen molar-refractivity contribution < 1.29 is 23.1 Å². The summed E-state index contributed by atoms with van der Waals surface area (Å²) < 4.78 is 34.3. The van der Waals surface area contributed by atoms with Crippen LogP contribution < -0.4 is 5.32 Å². The van der Waals surface area contributed by atoms with Crippen molar-refractivity contribution in [3.8, 4) is 0 Å². The standard InChI is InChI=1S/C21H33N3O5S/c1-17(25)22-16-21(18-6-4-3-5-7-18)10-8-19(20(26)9-11-21)23(2)30(27,28)24-12-14-29-15-13-24/h3-7,19-20,26H,8-16H2,1-2H3,(H,22,25)/t19-,20-,21+/m0/s1. The number of hydrogen-bond acceptors (Lipinski definition) is 5. The Morgan fingerprint density at radius 1 is 1.23 bits per heavy atom. The molecule has 2 fully saturated rings. The molecule has 0 radical (unpaired) electrons. The molecule has 0 bridgehead atoms. The van der Waals surface area contributed by atoms with Crippen molar-refractivity contribution in [2.75, 3.05) is 39.9 Å². The highest BCUT2D eigenvalue weighted by Gasteiger charge is 2.42. The van der Waals surface area contributed by atoms with E-state index in [9.17, 15) is 18.3 Å². The van der Waals surface area contributed by atoms with Gasteiger partial charge in [-0.05, 0) is 31.2 Å². The first kappa shape index (κ1) is 23.1. The van der Waals surface area contributed by atoms with Gasteiger partial charge in [0.25, 0.3) is 10.2 Å². The third-order valence-corrected chi connectivity index (χ3v) is 8.49. The number of aliphatic hydroxyl groups excluding tert-OH is 1. The molecule has 8 nitrogen and oxygen atoms in total. The molecule has 1 aromatic rings. The Morgan fingerprint density at radius 2 is 1.87 bits per heavy atom. The van der Waals surface area contributed by atoms with Crippen LogP contribution in [-0.4, -0.2) is 80.1 Å². The van der Waals surface area contributed by atoms with Gasteiger partial charge in [-0.3, -0.25) is 4.79 Å². The number of amides is 1. The molecular weight excluding hydrogens is 406 g/mol. The molecule has 2 N–H and O–H groups in total. The molecule has 1 saturated heterocycles. The SMILES string of the molecule is CC(=O)NC[C@]1(c2ccccc2)CC[C@H](O)[C@@H](N(C)S(=O)(=O)N2CCOCC2)CC1. The van der Waals surface area contributed by atoms with E-state index in [0.717, 1.165) is 5.56 Å². The van der Waals surface area contributed by atoms with Gasteiger partial charge in [-0.1, -0.05) is 30.3 Å². The molecule has 0 aromatic heterocycles. The molecular formula is C21H33N3O5S. The van der Waals surface area contributed by atoms with Gasteiger partial charge >= 0.3 is 0 Å². The van der Waals surface area contributed by atoms with Crippen LogP contribution in [0.1, 0.15) is 38.2 Å². The minimum absolute atomic E-state index is 0.0985. The molecule has 3 rings (SSSR count). The van der Waals surface area contributed by atoms with Gasteiger partial charge in [0.05, 0.1) is 25.4 Å². The van der Waals surface area contributed by atoms with E-state index in [-0.39, 0.29) is 11.3 Å². The number of carbonyl (C=O) groups is 1. The maximum absolute atomic E-state index is 13.1. The summed E-state index contributed by atoms with van der Waals surface area (Å²) in [5, 5.41) is 13.8. The number of morpholine rings is 1. The minimum atomic E-state index is -3.68. The summed E-state index contributed by atoms with van der Waals surface area (Å²) in [5.74, 6) is -0.0985. The highest BCUT2D eigenvalue weighted by Crippen LogP contribution is 2.39. The van der Waals surface area contributed by atoms with Gasteiger partial charge in [0.15, 0.2) is 0 Å². The van der Waals surface area contributed by atoms with E-state index < -0.39 is 22.4 Å². The summed E-state index contributed by atoms with van der Waals surface area (Å²) in [6.07, 6.45) is 1.54. The first-order valence-corrected chi connectivity index (χ1v) is 11.9. The number of hydrogen-bond donors (Lipinski definition) is 2. The fourth-order valence-corrected chi connectivity index (χ4v) is 6.13. The van der Waals surface area contributed by atoms with E-state index in [4.69, 9.17) is 4.74 Å². The Balaban J connectivity index is 1.82. The fraction of sp³-hybridized carbons (Fsp3) is 0.667. The summed E-state index contributed by atoms with van der Waals surface area (Å²) in [5.41, 5.74) is 0.761. The van der Waals surface area contributed by atoms with Crippen LogP contribution in [0.4, 0.5) is 0 Å². The van der Waals surface area contributed by atoms with Crippen LogP contribution in [0.5, 0.6) is 0 Å². The smallest absolute Gasteiger partial charge is 0.282 e. The summed E-state index contributed by atoms with van der Waals surface area (Å²) >= 11 is 0. The van der Waals surface area contributed by atoms with Crippen LogP contribution in [0.15, 0.2) is 30.3 Å². The van der Waals surface area contributed by atoms with E-state index in [0.29, 0.717) is 58.5 Å². The Bertz CT molecular complexity index is 813. The van der Waals surface area contributed by atoms with Crippen molar-refractivity contribution in [2.24, 2.45) is 0 Å². The van der Waals surface area contributed by atoms with Gasteiger partial charge in [0, 0.05) is 39.0 Å². The van der Waals surface area contributed by atoms with E-state index in [1.165, 1.54) is 15.5 Å². The van der Waals surface area contributed by atoms with Gasteiger partial charge in [0.2, 0.25) is 5.91 Å². The molecule has 168 valence electrons. The molecule has 1 aliphatic heterocycles. The first-order chi connectivity index (χ1) is 14.3. The third kappa shape index (κ3) is 5.03. The number of ether oxygens (including phenoxy) is 1. The Kier molecular flexibility index (Phi) is 7.52. The molecule has 9 heteroatoms. The van der Waals surface area contributed by atoms with Crippen LogP contribution in [-0.2, 0) is 25.2 Å². The number of rotatable bonds is 6. The molecule has 3 atom stereocenters. The van der Waals surface area contributed by atoms with Crippen molar-refractivity contribution >= 4 is 16.1 Å². The van der Waals surface area contributed by atoms with Crippen LogP contribution in [0.3, 0.4) is 0 Å². The van der Waals surface area contributed by atoms with Gasteiger partial charge in [0.1, 0.15) is 0 Å². The lowest BCUT2D eigenvalue weighted by Crippen LogP contribution is -2.53. The van der Waals surface area contributed by atoms with Crippen LogP contribution in [0.25, 0.3) is 0 Å². The highest BCUT2D eigenvalue weighted by atomic mass is 32.2. The minimum Gasteiger partial charge on any atom is -0.391 e. The lowest BCUT2D eigenvalue weighted by atomic mass is 9.74. The number of aliphatic hydroxyl groups is 1. The van der Waals surface area contributed by atoms with E-state index in [1.807, 2.05) is 30.3 Å². The topological polar surface area (TPSA) is 99.2 Å². The van der Waals surface area contributed by atoms with Gasteiger partial charge in [-0.15, -0.1) is 0 Å². The normalized spacial score (nSPS) is 28.8. The highest BCUT2D eigenvalue weighted by molar-refractivity contribution is 7.86. The molecule has 1 amide bonds. The summed E-state index contributed by atoms with van der Waals surface area (Å²) in [4.78, 5) is 11.6. The Labute approximate surface area is 179 Å². The predicted octanol–water partition coefficient (Wildman–Crippen LogP) is 0.873. The van der Waals surface area contributed by atoms with Gasteiger partial charge < -0.3 is 15.2 Å². The van der Waals surface area contributed by atoms with Crippen LogP contribution >= 0.6 is 0 Å². The van der Waals surface area contributed by atoms with Crippen molar-refractivity contribution in [2.45, 2.75) is 50.2 Å². The largest absolute Gasteiger partial charge is 0.391 e. The zero-order valence-electron chi connectivity index (χ0n) is 17.8. The van der Waals surface area contributed by atoms with E-state index >= 15 is 0 Å². The number of carbonyl (C=O) groups excluding carboxylic acids is 1. The predicted molar refractivity (Wildman–Crippen MR) is 114 cm³/mol. The maximum Gasteiger partial charge on any atom is 0.282 e. The zero-order valence-corrected chi connectivity index (χ0v) is 18.6. The van der Waals surface area contributed by atoms with Crippen molar-refractivity contribution in [3.05, 3.63) is 35.9 Å². The van der Waals surface area contributed by atoms with Crippen molar-refractivity contribution in [3.63, 3.8) is 0 Å². The second-order valence-corrected chi connectivity index (χ2v) is 10.3. The van der Waals surface area contributed by atoms with Gasteiger partial charge in [-0.25, -0.2) is 0 Å². The molecule has 1 aromatic carbocycles. The maximum atomic E-state index is 13.1. The summed E-state index contributed by atoms with van der Waals surface area (Å²) in [7, 11) is -2.12. The van der Waals surface area contributed by atoms with Crippen LogP contribution in [0.2, 0.25) is 0 Å². The number of nitrogens with zero attached hydrogens (tertiary/aromatic N) is 2. The molecule has 1 aliphatic carbocycles. The lowest BCUT2D eigenvalue weighted by Gasteiger charge is -2.36. The second-order valence-electron chi connectivity index (χ2n) is 8.30. The first-order valence-electron chi connectivity index (χ1n) is 10.6. The Hall–Kier alpha value is -1.52. The summed E-state index contributed by atoms with van der Waals surface area (Å²) in [6, 6.07) is 9.47. The molecule has 1 saturated carbocycles. The van der Waals surface area contributed by atoms with Crippen molar-refractivity contribution in [1.29, 1.82) is 0 Å². The fourth-order valence-electron chi connectivity index (χ4n) is 4.57. The third-order valence-electron chi connectivity index (χ3n) is 6.47. The molecule has 0 spiro atoms. The van der Waals surface area contributed by atoms with Crippen molar-refractivity contribution in [1.82, 2.24) is 13.9 Å². The monoisotopic (exact) mass is 439 g/mol. The number of benzene rings is 1. The number of likely N-dealkylation sites (N-methyl/N-ethyl adjacent to an activating group) is 1. The quantitative estimate of drug-likeness (QED) is 0.641. The average Bonchev–Trinajstić information content (AvgIpc) is 2.92.